The lowest BCUT2D eigenvalue weighted by molar-refractivity contribution is -0.0328. The van der Waals surface area contributed by atoms with Gasteiger partial charge in [-0.3, -0.25) is 4.18 Å². The quantitative estimate of drug-likeness (QED) is 0.301. The third-order valence-corrected chi connectivity index (χ3v) is 7.16. The summed E-state index contributed by atoms with van der Waals surface area (Å²) in [5.41, 5.74) is -3.23. The molecule has 1 aliphatic carbocycles. The van der Waals surface area contributed by atoms with Gasteiger partial charge in [0.2, 0.25) is 0 Å². The summed E-state index contributed by atoms with van der Waals surface area (Å²) in [6.07, 6.45) is -0.761. The Morgan fingerprint density at radius 2 is 1.97 bits per heavy atom. The molecule has 0 bridgehead atoms. The number of aromatic nitrogens is 3. The van der Waals surface area contributed by atoms with Crippen LogP contribution >= 0.6 is 23.4 Å². The van der Waals surface area contributed by atoms with Crippen molar-refractivity contribution in [2.24, 2.45) is 17.0 Å². The molecule has 4 rings (SSSR count). The average Bonchev–Trinajstić information content (AvgIpc) is 3.32. The number of rotatable bonds is 8. The number of alkyl halides is 3. The number of nitrogens with zero attached hydrogens (tertiary/aromatic N) is 3. The molecule has 1 fully saturated rings. The van der Waals surface area contributed by atoms with E-state index >= 15 is 0 Å². The Labute approximate surface area is 212 Å². The van der Waals surface area contributed by atoms with Crippen LogP contribution in [0.3, 0.4) is 0 Å². The van der Waals surface area contributed by atoms with E-state index in [1.807, 2.05) is 0 Å². The highest BCUT2D eigenvalue weighted by atomic mass is 35.5. The zero-order valence-electron chi connectivity index (χ0n) is 18.3. The molecule has 0 radical (unpaired) electrons. The third-order valence-electron chi connectivity index (χ3n) is 5.70. The van der Waals surface area contributed by atoms with Crippen LogP contribution in [0, 0.1) is 11.8 Å². The number of aliphatic hydroxyl groups excluding tert-OH is 2. The summed E-state index contributed by atoms with van der Waals surface area (Å²) >= 11 is 6.08. The molecule has 1 saturated carbocycles. The number of hydrogen-bond donors (Lipinski definition) is 4. The monoisotopic (exact) mass is 567 g/mol. The molecule has 5 N–H and O–H groups in total. The molecule has 1 aromatic carbocycles. The van der Waals surface area contributed by atoms with E-state index in [9.17, 15) is 31.8 Å². The fourth-order valence-corrected chi connectivity index (χ4v) is 5.23. The lowest BCUT2D eigenvalue weighted by Gasteiger charge is -2.18. The Morgan fingerprint density at radius 3 is 2.67 bits per heavy atom. The van der Waals surface area contributed by atoms with Gasteiger partial charge < -0.3 is 15.5 Å². The Bertz CT molecular complexity index is 1360. The van der Waals surface area contributed by atoms with Crippen molar-refractivity contribution in [3.8, 4) is 11.3 Å². The van der Waals surface area contributed by atoms with Gasteiger partial charge in [0.25, 0.3) is 0 Å². The lowest BCUT2D eigenvalue weighted by atomic mass is 10.0. The molecule has 36 heavy (non-hydrogen) atoms. The smallest absolute Gasteiger partial charge is 0.390 e. The summed E-state index contributed by atoms with van der Waals surface area (Å²) in [4.78, 5) is 4.21. The number of hydrogen-bond acceptors (Lipinski definition) is 9. The number of halogens is 4. The summed E-state index contributed by atoms with van der Waals surface area (Å²) in [7, 11) is -4.19. The van der Waals surface area contributed by atoms with Gasteiger partial charge in [-0.2, -0.15) is 31.2 Å². The maximum absolute atomic E-state index is 12.8. The van der Waals surface area contributed by atoms with Crippen molar-refractivity contribution in [2.75, 3.05) is 18.5 Å². The van der Waals surface area contributed by atoms with E-state index in [0.717, 1.165) is 0 Å². The first kappa shape index (κ1) is 26.9. The minimum Gasteiger partial charge on any atom is -0.390 e. The van der Waals surface area contributed by atoms with E-state index in [1.54, 1.807) is 12.1 Å². The van der Waals surface area contributed by atoms with Crippen LogP contribution < -0.4 is 10.5 Å². The fourth-order valence-electron chi connectivity index (χ4n) is 4.07. The van der Waals surface area contributed by atoms with Crippen LogP contribution in [0.25, 0.3) is 16.9 Å². The predicted molar refractivity (Wildman–Crippen MR) is 127 cm³/mol. The van der Waals surface area contributed by atoms with E-state index < -0.39 is 39.9 Å². The summed E-state index contributed by atoms with van der Waals surface area (Å²) in [6.45, 7) is -0.238. The number of fused-ring (bicyclic) bond motifs is 1. The molecule has 0 amide bonds. The Kier molecular flexibility index (Phi) is 7.71. The first-order valence-corrected chi connectivity index (χ1v) is 13.1. The summed E-state index contributed by atoms with van der Waals surface area (Å²) in [5.74, 6) is -0.824. The summed E-state index contributed by atoms with van der Waals surface area (Å²) in [5, 5.41) is 33.2. The van der Waals surface area contributed by atoms with Gasteiger partial charge in [-0.25, -0.2) is 10.1 Å². The molecule has 0 aliphatic heterocycles. The van der Waals surface area contributed by atoms with E-state index in [4.69, 9.17) is 16.7 Å². The molecule has 3 aromatic rings. The molecule has 2 aromatic heterocycles. The zero-order valence-corrected chi connectivity index (χ0v) is 20.7. The second kappa shape index (κ2) is 10.3. The minimum atomic E-state index is -4.42. The summed E-state index contributed by atoms with van der Waals surface area (Å²) < 4.78 is 66.3. The van der Waals surface area contributed by atoms with E-state index in [0.29, 0.717) is 22.7 Å². The largest absolute Gasteiger partial charge is 0.446 e. The van der Waals surface area contributed by atoms with Gasteiger partial charge in [0, 0.05) is 34.9 Å². The Balaban J connectivity index is 1.53. The first-order chi connectivity index (χ1) is 16.8. The second-order valence-corrected chi connectivity index (χ2v) is 11.0. The maximum Gasteiger partial charge on any atom is 0.446 e. The van der Waals surface area contributed by atoms with Gasteiger partial charge in [-0.1, -0.05) is 23.7 Å². The fraction of sp³-hybridized carbons (Fsp3) is 0.400. The van der Waals surface area contributed by atoms with Crippen molar-refractivity contribution in [3.05, 3.63) is 41.6 Å². The van der Waals surface area contributed by atoms with E-state index in [2.05, 4.69) is 19.6 Å². The number of nitrogens with one attached hydrogen (secondary N) is 1. The van der Waals surface area contributed by atoms with Gasteiger partial charge in [0.05, 0.1) is 30.7 Å². The van der Waals surface area contributed by atoms with Crippen molar-refractivity contribution in [2.45, 2.75) is 29.0 Å². The highest BCUT2D eigenvalue weighted by molar-refractivity contribution is 8.00. The van der Waals surface area contributed by atoms with Crippen LogP contribution in [0.15, 0.2) is 41.4 Å². The van der Waals surface area contributed by atoms with Gasteiger partial charge in [0.15, 0.2) is 5.65 Å². The molecular formula is C20H21ClF3N5O5S2. The van der Waals surface area contributed by atoms with Gasteiger partial charge in [0.1, 0.15) is 10.8 Å². The molecule has 10 nitrogen and oxygen atoms in total. The van der Waals surface area contributed by atoms with Crippen LogP contribution in [0.4, 0.5) is 19.0 Å². The van der Waals surface area contributed by atoms with Gasteiger partial charge >= 0.3 is 15.8 Å². The Hall–Kier alpha value is -2.14. The van der Waals surface area contributed by atoms with Crippen molar-refractivity contribution in [3.63, 3.8) is 0 Å². The lowest BCUT2D eigenvalue weighted by Crippen LogP contribution is -2.33. The number of nitrogens with two attached hydrogens (primary N) is 1. The molecule has 2 heterocycles. The number of thioether (sulfide) groups is 1. The van der Waals surface area contributed by atoms with Crippen molar-refractivity contribution < 1.29 is 36.0 Å². The van der Waals surface area contributed by atoms with Crippen molar-refractivity contribution in [1.82, 2.24) is 14.6 Å². The average molecular weight is 568 g/mol. The molecule has 0 spiro atoms. The van der Waals surface area contributed by atoms with Gasteiger partial charge in [-0.15, -0.1) is 0 Å². The minimum absolute atomic E-state index is 0.0103. The first-order valence-electron chi connectivity index (χ1n) is 10.5. The maximum atomic E-state index is 12.8. The van der Waals surface area contributed by atoms with Crippen LogP contribution in [0.2, 0.25) is 5.02 Å². The highest BCUT2D eigenvalue weighted by Gasteiger charge is 2.42. The van der Waals surface area contributed by atoms with Crippen LogP contribution in [0.1, 0.15) is 6.42 Å². The number of benzene rings is 1. The normalized spacial score (nSPS) is 22.9. The molecular weight excluding hydrogens is 547 g/mol. The van der Waals surface area contributed by atoms with E-state index in [1.165, 1.54) is 28.9 Å². The van der Waals surface area contributed by atoms with E-state index in [-0.39, 0.29) is 41.3 Å². The molecule has 1 aliphatic rings. The van der Waals surface area contributed by atoms with Crippen LogP contribution in [-0.2, 0) is 14.5 Å². The summed E-state index contributed by atoms with van der Waals surface area (Å²) in [6, 6.07) is 7.43. The zero-order chi connectivity index (χ0) is 26.3. The standard InChI is InChI=1S/C20H21ClF3N5O5S2/c21-14-8-26-16-6-15(10-2-1-3-13(5-10)35-20(22,23)24)28-29(16)19(14)27-7-11-4-12(18(31)17(11)30)9-34-36(25,32)33/h1-3,5-6,8,11-12,17-18,27,30-31H,4,7,9H2,(H2,25,32,33)/t11-,12+,17-,18+/m0/s1. The second-order valence-electron chi connectivity index (χ2n) is 8.23. The third kappa shape index (κ3) is 6.40. The predicted octanol–water partition coefficient (Wildman–Crippen LogP) is 2.65. The molecule has 0 unspecified atom stereocenters. The topological polar surface area (TPSA) is 152 Å². The molecule has 16 heteroatoms. The number of aliphatic hydroxyl groups is 2. The molecule has 0 saturated heterocycles. The van der Waals surface area contributed by atoms with Crippen LogP contribution in [-0.4, -0.2) is 64.1 Å². The Morgan fingerprint density at radius 1 is 1.25 bits per heavy atom. The molecule has 4 atom stereocenters. The molecule has 196 valence electrons. The van der Waals surface area contributed by atoms with Crippen LogP contribution in [0.5, 0.6) is 0 Å². The van der Waals surface area contributed by atoms with Gasteiger partial charge in [-0.05, 0) is 30.3 Å². The van der Waals surface area contributed by atoms with Crippen molar-refractivity contribution in [1.29, 1.82) is 0 Å². The van der Waals surface area contributed by atoms with Crippen molar-refractivity contribution >= 4 is 45.1 Å². The SMILES string of the molecule is NS(=O)(=O)OC[C@H]1C[C@@H](CNc2c(Cl)cnc3cc(-c4cccc(SC(F)(F)F)c4)nn23)[C@H](O)[C@@H]1O. The number of anilines is 1. The highest BCUT2D eigenvalue weighted by Crippen LogP contribution is 2.38.